The quantitative estimate of drug-likeness (QED) is 0.938. The molecule has 0 unspecified atom stereocenters. The number of carbonyl (C=O) groups is 1. The predicted octanol–water partition coefficient (Wildman–Crippen LogP) is 2.99. The van der Waals surface area contributed by atoms with E-state index >= 15 is 0 Å². The summed E-state index contributed by atoms with van der Waals surface area (Å²) >= 11 is 0. The molecule has 0 aliphatic carbocycles. The average Bonchev–Trinajstić information content (AvgIpc) is 2.38. The van der Waals surface area contributed by atoms with Gasteiger partial charge in [0.05, 0.1) is 11.8 Å². The normalized spacial score (nSPS) is 11.2. The van der Waals surface area contributed by atoms with E-state index in [9.17, 15) is 18.0 Å². The monoisotopic (exact) mass is 284 g/mol. The summed E-state index contributed by atoms with van der Waals surface area (Å²) in [6.45, 7) is 0. The molecule has 0 atom stereocenters. The molecule has 2 heterocycles. The molecule has 0 radical (unpaired) electrons. The van der Waals surface area contributed by atoms with Crippen LogP contribution in [-0.4, -0.2) is 21.0 Å². The van der Waals surface area contributed by atoms with E-state index in [4.69, 9.17) is 9.84 Å². The molecular formula is C12H7F3N2O3. The third-order valence-corrected chi connectivity index (χ3v) is 2.20. The molecule has 0 spiro atoms. The van der Waals surface area contributed by atoms with Crippen molar-refractivity contribution in [3.63, 3.8) is 0 Å². The number of nitrogens with zero attached hydrogens (tertiary/aromatic N) is 2. The SMILES string of the molecule is O=C(O)c1cncc(Oc2cccc(C(F)(F)F)n2)c1. The highest BCUT2D eigenvalue weighted by Crippen LogP contribution is 2.29. The number of carboxylic acids is 1. The standard InChI is InChI=1S/C12H7F3N2O3/c13-12(14,15)9-2-1-3-10(17-9)20-8-4-7(11(18)19)5-16-6-8/h1-6H,(H,18,19). The molecule has 0 aromatic carbocycles. The maximum absolute atomic E-state index is 12.5. The first-order chi connectivity index (χ1) is 9.36. The first-order valence-corrected chi connectivity index (χ1v) is 5.27. The first-order valence-electron chi connectivity index (χ1n) is 5.27. The van der Waals surface area contributed by atoms with Crippen LogP contribution in [0, 0.1) is 0 Å². The van der Waals surface area contributed by atoms with Gasteiger partial charge in [0.15, 0.2) is 0 Å². The van der Waals surface area contributed by atoms with E-state index in [1.165, 1.54) is 12.3 Å². The van der Waals surface area contributed by atoms with Gasteiger partial charge in [-0.2, -0.15) is 13.2 Å². The maximum atomic E-state index is 12.5. The number of ether oxygens (including phenoxy) is 1. The number of aromatic carboxylic acids is 1. The number of hydrogen-bond acceptors (Lipinski definition) is 4. The van der Waals surface area contributed by atoms with Crippen molar-refractivity contribution in [2.75, 3.05) is 0 Å². The van der Waals surface area contributed by atoms with E-state index in [1.54, 1.807) is 0 Å². The summed E-state index contributed by atoms with van der Waals surface area (Å²) in [4.78, 5) is 17.6. The lowest BCUT2D eigenvalue weighted by atomic mass is 10.3. The topological polar surface area (TPSA) is 72.3 Å². The summed E-state index contributed by atoms with van der Waals surface area (Å²) in [6.07, 6.45) is -2.32. The summed E-state index contributed by atoms with van der Waals surface area (Å²) in [6, 6.07) is 4.30. The van der Waals surface area contributed by atoms with Crippen LogP contribution in [0.2, 0.25) is 0 Å². The van der Waals surface area contributed by atoms with Crippen molar-refractivity contribution < 1.29 is 27.8 Å². The zero-order chi connectivity index (χ0) is 14.8. The van der Waals surface area contributed by atoms with Crippen molar-refractivity contribution in [1.29, 1.82) is 0 Å². The average molecular weight is 284 g/mol. The highest BCUT2D eigenvalue weighted by Gasteiger charge is 2.32. The van der Waals surface area contributed by atoms with E-state index in [-0.39, 0.29) is 17.2 Å². The maximum Gasteiger partial charge on any atom is 0.433 e. The third-order valence-electron chi connectivity index (χ3n) is 2.20. The van der Waals surface area contributed by atoms with Crippen molar-refractivity contribution in [2.24, 2.45) is 0 Å². The first kappa shape index (κ1) is 13.8. The summed E-state index contributed by atoms with van der Waals surface area (Å²) in [5, 5.41) is 8.77. The van der Waals surface area contributed by atoms with Gasteiger partial charge in [0, 0.05) is 12.3 Å². The molecule has 0 saturated heterocycles. The Morgan fingerprint density at radius 2 is 2.00 bits per heavy atom. The van der Waals surface area contributed by atoms with Crippen molar-refractivity contribution in [3.05, 3.63) is 47.9 Å². The zero-order valence-electron chi connectivity index (χ0n) is 9.76. The van der Waals surface area contributed by atoms with Gasteiger partial charge in [-0.3, -0.25) is 4.98 Å². The van der Waals surface area contributed by atoms with Gasteiger partial charge in [0.1, 0.15) is 11.4 Å². The van der Waals surface area contributed by atoms with E-state index in [2.05, 4.69) is 9.97 Å². The van der Waals surface area contributed by atoms with Crippen molar-refractivity contribution in [3.8, 4) is 11.6 Å². The molecule has 0 aliphatic heterocycles. The Kier molecular flexibility index (Phi) is 3.55. The molecule has 0 amide bonds. The number of alkyl halides is 3. The molecule has 0 saturated carbocycles. The molecule has 8 heteroatoms. The Balaban J connectivity index is 2.26. The smallest absolute Gasteiger partial charge is 0.433 e. The number of carboxylic acid groups (broad SMARTS) is 1. The van der Waals surface area contributed by atoms with Crippen LogP contribution in [0.4, 0.5) is 13.2 Å². The summed E-state index contributed by atoms with van der Waals surface area (Å²) in [5.74, 6) is -1.54. The molecule has 104 valence electrons. The Bertz CT molecular complexity index is 644. The lowest BCUT2D eigenvalue weighted by Gasteiger charge is -2.08. The highest BCUT2D eigenvalue weighted by molar-refractivity contribution is 5.87. The molecule has 0 bridgehead atoms. The minimum atomic E-state index is -4.58. The predicted molar refractivity (Wildman–Crippen MR) is 60.5 cm³/mol. The Morgan fingerprint density at radius 3 is 2.65 bits per heavy atom. The van der Waals surface area contributed by atoms with Crippen LogP contribution < -0.4 is 4.74 Å². The number of halogens is 3. The van der Waals surface area contributed by atoms with E-state index < -0.39 is 17.8 Å². The lowest BCUT2D eigenvalue weighted by Crippen LogP contribution is -2.08. The molecule has 5 nitrogen and oxygen atoms in total. The van der Waals surface area contributed by atoms with Crippen LogP contribution >= 0.6 is 0 Å². The fourth-order valence-corrected chi connectivity index (χ4v) is 1.34. The second-order valence-electron chi connectivity index (χ2n) is 3.68. The summed E-state index contributed by atoms with van der Waals surface area (Å²) in [5.41, 5.74) is -1.24. The molecule has 1 N–H and O–H groups in total. The van der Waals surface area contributed by atoms with Gasteiger partial charge in [-0.1, -0.05) is 6.07 Å². The molecule has 0 aliphatic rings. The minimum absolute atomic E-state index is 0.0169. The highest BCUT2D eigenvalue weighted by atomic mass is 19.4. The molecule has 2 aromatic rings. The largest absolute Gasteiger partial charge is 0.478 e. The van der Waals surface area contributed by atoms with Crippen molar-refractivity contribution in [1.82, 2.24) is 9.97 Å². The van der Waals surface area contributed by atoms with Crippen molar-refractivity contribution >= 4 is 5.97 Å². The molecule has 20 heavy (non-hydrogen) atoms. The van der Waals surface area contributed by atoms with Crippen LogP contribution in [0.5, 0.6) is 11.6 Å². The number of hydrogen-bond donors (Lipinski definition) is 1. The van der Waals surface area contributed by atoms with E-state index in [1.807, 2.05) is 0 Å². The third kappa shape index (κ3) is 3.22. The minimum Gasteiger partial charge on any atom is -0.478 e. The van der Waals surface area contributed by atoms with Gasteiger partial charge in [-0.05, 0) is 12.1 Å². The van der Waals surface area contributed by atoms with Crippen LogP contribution in [-0.2, 0) is 6.18 Å². The Morgan fingerprint density at radius 1 is 1.25 bits per heavy atom. The van der Waals surface area contributed by atoms with Crippen LogP contribution in [0.25, 0.3) is 0 Å². The van der Waals surface area contributed by atoms with E-state index in [0.29, 0.717) is 0 Å². The zero-order valence-corrected chi connectivity index (χ0v) is 9.76. The molecule has 0 fully saturated rings. The fraction of sp³-hybridized carbons (Fsp3) is 0.0833. The van der Waals surface area contributed by atoms with Gasteiger partial charge < -0.3 is 9.84 Å². The number of aromatic nitrogens is 2. The molecular weight excluding hydrogens is 277 g/mol. The molecule has 2 rings (SSSR count). The van der Waals surface area contributed by atoms with Gasteiger partial charge in [-0.15, -0.1) is 0 Å². The van der Waals surface area contributed by atoms with Crippen LogP contribution in [0.3, 0.4) is 0 Å². The Hall–Kier alpha value is -2.64. The molecule has 2 aromatic heterocycles. The van der Waals surface area contributed by atoms with Crippen molar-refractivity contribution in [2.45, 2.75) is 6.18 Å². The van der Waals surface area contributed by atoms with Crippen LogP contribution in [0.15, 0.2) is 36.7 Å². The Labute approximate surface area is 110 Å². The van der Waals surface area contributed by atoms with Gasteiger partial charge in [0.25, 0.3) is 0 Å². The number of rotatable bonds is 3. The number of pyridine rings is 2. The fourth-order valence-electron chi connectivity index (χ4n) is 1.34. The second-order valence-corrected chi connectivity index (χ2v) is 3.68. The lowest BCUT2D eigenvalue weighted by molar-refractivity contribution is -0.141. The van der Waals surface area contributed by atoms with Gasteiger partial charge >= 0.3 is 12.1 Å². The van der Waals surface area contributed by atoms with Gasteiger partial charge in [-0.25, -0.2) is 9.78 Å². The van der Waals surface area contributed by atoms with Gasteiger partial charge in [0.2, 0.25) is 5.88 Å². The summed E-state index contributed by atoms with van der Waals surface area (Å²) in [7, 11) is 0. The van der Waals surface area contributed by atoms with E-state index in [0.717, 1.165) is 24.4 Å². The summed E-state index contributed by atoms with van der Waals surface area (Å²) < 4.78 is 42.5. The van der Waals surface area contributed by atoms with Crippen LogP contribution in [0.1, 0.15) is 16.1 Å². The second kappa shape index (κ2) is 5.16.